The first kappa shape index (κ1) is 24.1. The third-order valence-corrected chi connectivity index (χ3v) is 5.60. The number of ether oxygens (including phenoxy) is 1. The molecule has 0 saturated carbocycles. The molecule has 1 atom stereocenters. The Kier molecular flexibility index (Phi) is 7.85. The van der Waals surface area contributed by atoms with Crippen molar-refractivity contribution < 1.29 is 14.6 Å². The van der Waals surface area contributed by atoms with Crippen LogP contribution in [-0.4, -0.2) is 27.6 Å². The van der Waals surface area contributed by atoms with Gasteiger partial charge < -0.3 is 15.2 Å². The monoisotopic (exact) mass is 467 g/mol. The molecular formula is C29H29N3O3. The fourth-order valence-corrected chi connectivity index (χ4v) is 3.75. The largest absolute Gasteiger partial charge is 0.494 e. The number of aromatic nitrogens is 2. The smallest absolute Gasteiger partial charge is 0.229 e. The van der Waals surface area contributed by atoms with E-state index in [0.717, 1.165) is 28.0 Å². The van der Waals surface area contributed by atoms with Gasteiger partial charge in [-0.2, -0.15) is 0 Å². The van der Waals surface area contributed by atoms with E-state index < -0.39 is 6.10 Å². The fourth-order valence-electron chi connectivity index (χ4n) is 3.75. The number of hydrogen-bond donors (Lipinski definition) is 2. The van der Waals surface area contributed by atoms with Crippen molar-refractivity contribution in [3.63, 3.8) is 0 Å². The first-order valence-corrected chi connectivity index (χ1v) is 11.7. The van der Waals surface area contributed by atoms with Crippen LogP contribution in [0.5, 0.6) is 5.75 Å². The summed E-state index contributed by atoms with van der Waals surface area (Å²) in [5.41, 5.74) is 5.09. The molecule has 4 aromatic rings. The number of aliphatic hydroxyl groups is 1. The molecule has 1 amide bonds. The van der Waals surface area contributed by atoms with Crippen LogP contribution in [0.15, 0.2) is 85.1 Å². The molecule has 4 rings (SSSR count). The maximum Gasteiger partial charge on any atom is 0.229 e. The van der Waals surface area contributed by atoms with E-state index in [4.69, 9.17) is 9.72 Å². The first-order chi connectivity index (χ1) is 17.0. The molecule has 1 heterocycles. The van der Waals surface area contributed by atoms with E-state index in [1.807, 2.05) is 85.8 Å². The Bertz CT molecular complexity index is 1250. The summed E-state index contributed by atoms with van der Waals surface area (Å²) in [5.74, 6) is 1.07. The number of carbonyl (C=O) groups is 1. The molecule has 2 N–H and O–H groups in total. The fraction of sp³-hybridized carbons (Fsp3) is 0.207. The van der Waals surface area contributed by atoms with Gasteiger partial charge in [-0.1, -0.05) is 66.7 Å². The molecule has 0 bridgehead atoms. The summed E-state index contributed by atoms with van der Waals surface area (Å²) in [4.78, 5) is 22.2. The van der Waals surface area contributed by atoms with Crippen molar-refractivity contribution in [2.75, 3.05) is 11.9 Å². The number of hydrogen-bond acceptors (Lipinski definition) is 5. The predicted molar refractivity (Wildman–Crippen MR) is 137 cm³/mol. The van der Waals surface area contributed by atoms with Gasteiger partial charge in [-0.3, -0.25) is 4.79 Å². The molecule has 1 unspecified atom stereocenters. The van der Waals surface area contributed by atoms with Crippen molar-refractivity contribution in [1.82, 2.24) is 9.97 Å². The highest BCUT2D eigenvalue weighted by Crippen LogP contribution is 2.24. The predicted octanol–water partition coefficient (Wildman–Crippen LogP) is 5.37. The summed E-state index contributed by atoms with van der Waals surface area (Å²) in [6.45, 7) is 4.27. The van der Waals surface area contributed by atoms with Gasteiger partial charge in [0.2, 0.25) is 5.91 Å². The molecule has 0 spiro atoms. The summed E-state index contributed by atoms with van der Waals surface area (Å²) in [5, 5.41) is 12.7. The minimum absolute atomic E-state index is 0.160. The number of nitrogens with one attached hydrogen (secondary N) is 1. The van der Waals surface area contributed by atoms with E-state index in [-0.39, 0.29) is 12.3 Å². The number of amides is 1. The van der Waals surface area contributed by atoms with Crippen LogP contribution >= 0.6 is 0 Å². The lowest BCUT2D eigenvalue weighted by atomic mass is 10.1. The second-order valence-corrected chi connectivity index (χ2v) is 8.31. The number of rotatable bonds is 9. The average molecular weight is 468 g/mol. The van der Waals surface area contributed by atoms with Gasteiger partial charge in [0.1, 0.15) is 5.75 Å². The molecule has 1 aromatic heterocycles. The van der Waals surface area contributed by atoms with Crippen LogP contribution in [0, 0.1) is 0 Å². The van der Waals surface area contributed by atoms with Gasteiger partial charge in [-0.05, 0) is 42.7 Å². The van der Waals surface area contributed by atoms with Crippen LogP contribution in [0.2, 0.25) is 0 Å². The number of benzene rings is 3. The maximum atomic E-state index is 12.8. The molecule has 3 aromatic carbocycles. The Morgan fingerprint density at radius 1 is 0.971 bits per heavy atom. The lowest BCUT2D eigenvalue weighted by Crippen LogP contribution is -2.17. The minimum Gasteiger partial charge on any atom is -0.494 e. The molecule has 6 nitrogen and oxygen atoms in total. The van der Waals surface area contributed by atoms with Crippen molar-refractivity contribution in [2.45, 2.75) is 32.8 Å². The van der Waals surface area contributed by atoms with Gasteiger partial charge >= 0.3 is 0 Å². The van der Waals surface area contributed by atoms with Crippen LogP contribution in [0.3, 0.4) is 0 Å². The van der Waals surface area contributed by atoms with E-state index in [1.165, 1.54) is 0 Å². The third kappa shape index (κ3) is 6.52. The number of nitrogens with zero attached hydrogens (tertiary/aromatic N) is 2. The molecule has 0 aliphatic carbocycles. The van der Waals surface area contributed by atoms with Gasteiger partial charge in [0.15, 0.2) is 5.82 Å². The van der Waals surface area contributed by atoms with E-state index in [2.05, 4.69) is 10.3 Å². The van der Waals surface area contributed by atoms with Crippen LogP contribution < -0.4 is 10.1 Å². The lowest BCUT2D eigenvalue weighted by molar-refractivity contribution is -0.115. The van der Waals surface area contributed by atoms with Gasteiger partial charge in [-0.15, -0.1) is 0 Å². The zero-order valence-corrected chi connectivity index (χ0v) is 19.9. The first-order valence-electron chi connectivity index (χ1n) is 11.7. The quantitative estimate of drug-likeness (QED) is 0.346. The SMILES string of the molecule is CCOc1ccc(CC(=O)Nc2ncc(-c3ccc(C(C)O)cc3)nc2Cc2ccccc2)cc1. The molecule has 0 aliphatic rings. The van der Waals surface area contributed by atoms with Gasteiger partial charge in [0.25, 0.3) is 0 Å². The summed E-state index contributed by atoms with van der Waals surface area (Å²) >= 11 is 0. The molecule has 35 heavy (non-hydrogen) atoms. The highest BCUT2D eigenvalue weighted by atomic mass is 16.5. The van der Waals surface area contributed by atoms with E-state index in [0.29, 0.717) is 30.2 Å². The van der Waals surface area contributed by atoms with Crippen molar-refractivity contribution in [1.29, 1.82) is 0 Å². The van der Waals surface area contributed by atoms with Crippen molar-refractivity contribution >= 4 is 11.7 Å². The Morgan fingerprint density at radius 3 is 2.34 bits per heavy atom. The highest BCUT2D eigenvalue weighted by molar-refractivity contribution is 5.92. The topological polar surface area (TPSA) is 84.3 Å². The summed E-state index contributed by atoms with van der Waals surface area (Å²) < 4.78 is 5.47. The molecule has 6 heteroatoms. The Hall–Kier alpha value is -4.03. The Balaban J connectivity index is 1.56. The Morgan fingerprint density at radius 2 is 1.69 bits per heavy atom. The molecule has 0 aliphatic heterocycles. The molecular weight excluding hydrogens is 438 g/mol. The van der Waals surface area contributed by atoms with Crippen molar-refractivity contribution in [2.24, 2.45) is 0 Å². The zero-order chi connectivity index (χ0) is 24.6. The van der Waals surface area contributed by atoms with Crippen LogP contribution in [0.1, 0.15) is 42.3 Å². The van der Waals surface area contributed by atoms with E-state index in [1.54, 1.807) is 13.1 Å². The Labute approximate surface area is 205 Å². The molecule has 0 saturated heterocycles. The molecule has 0 radical (unpaired) electrons. The van der Waals surface area contributed by atoms with Crippen LogP contribution in [-0.2, 0) is 17.6 Å². The number of aliphatic hydroxyl groups excluding tert-OH is 1. The van der Waals surface area contributed by atoms with Crippen molar-refractivity contribution in [3.05, 3.63) is 107 Å². The molecule has 0 fully saturated rings. The van der Waals surface area contributed by atoms with E-state index >= 15 is 0 Å². The van der Waals surface area contributed by atoms with Gasteiger partial charge in [0.05, 0.1) is 36.7 Å². The number of carbonyl (C=O) groups excluding carboxylic acids is 1. The van der Waals surface area contributed by atoms with Gasteiger partial charge in [0, 0.05) is 12.0 Å². The summed E-state index contributed by atoms with van der Waals surface area (Å²) in [7, 11) is 0. The number of anilines is 1. The molecule has 178 valence electrons. The van der Waals surface area contributed by atoms with Crippen molar-refractivity contribution in [3.8, 4) is 17.0 Å². The normalized spacial score (nSPS) is 11.6. The second kappa shape index (κ2) is 11.4. The zero-order valence-electron chi connectivity index (χ0n) is 19.9. The van der Waals surface area contributed by atoms with E-state index in [9.17, 15) is 9.90 Å². The minimum atomic E-state index is -0.531. The third-order valence-electron chi connectivity index (χ3n) is 5.60. The van der Waals surface area contributed by atoms with Gasteiger partial charge in [-0.25, -0.2) is 9.97 Å². The summed E-state index contributed by atoms with van der Waals surface area (Å²) in [6, 6.07) is 25.1. The maximum absolute atomic E-state index is 12.8. The highest BCUT2D eigenvalue weighted by Gasteiger charge is 2.14. The summed E-state index contributed by atoms with van der Waals surface area (Å²) in [6.07, 6.45) is 1.89. The lowest BCUT2D eigenvalue weighted by Gasteiger charge is -2.13. The average Bonchev–Trinajstić information content (AvgIpc) is 2.87. The second-order valence-electron chi connectivity index (χ2n) is 8.31. The standard InChI is InChI=1S/C29H29N3O3/c1-3-35-25-15-9-22(10-16-25)18-28(34)32-29-26(17-21-7-5-4-6-8-21)31-27(19-30-29)24-13-11-23(12-14-24)20(2)33/h4-16,19-20,33H,3,17-18H2,1-2H3,(H,30,32,34). The van der Waals surface area contributed by atoms with Crippen LogP contribution in [0.4, 0.5) is 5.82 Å². The van der Waals surface area contributed by atoms with Crippen LogP contribution in [0.25, 0.3) is 11.3 Å².